The number of carbonyl (C=O) groups excluding carboxylic acids is 1. The highest BCUT2D eigenvalue weighted by Crippen LogP contribution is 2.48. The molecule has 1 amide bonds. The van der Waals surface area contributed by atoms with Crippen LogP contribution >= 0.6 is 11.6 Å². The van der Waals surface area contributed by atoms with Crippen molar-refractivity contribution in [2.24, 2.45) is 5.92 Å². The third-order valence-electron chi connectivity index (χ3n) is 6.72. The van der Waals surface area contributed by atoms with Gasteiger partial charge in [0.05, 0.1) is 12.2 Å². The molecular weight excluding hydrogens is 512 g/mol. The number of anilines is 2. The fourth-order valence-corrected chi connectivity index (χ4v) is 5.27. The number of imidazole rings is 1. The monoisotopic (exact) mass is 536 g/mol. The van der Waals surface area contributed by atoms with Gasteiger partial charge in [-0.05, 0) is 60.4 Å². The van der Waals surface area contributed by atoms with Crippen LogP contribution in [0.1, 0.15) is 47.9 Å². The number of hydrogen-bond acceptors (Lipinski definition) is 7. The Bertz CT molecular complexity index is 1630. The number of nitrogens with zero attached hydrogens (tertiary/aromatic N) is 4. The lowest BCUT2D eigenvalue weighted by molar-refractivity contribution is -0.117. The Labute approximate surface area is 219 Å². The van der Waals surface area contributed by atoms with E-state index in [0.717, 1.165) is 23.2 Å². The molecule has 1 aromatic carbocycles. The van der Waals surface area contributed by atoms with E-state index in [1.165, 1.54) is 24.5 Å². The van der Waals surface area contributed by atoms with E-state index < -0.39 is 9.84 Å². The molecule has 0 spiro atoms. The van der Waals surface area contributed by atoms with Gasteiger partial charge in [-0.3, -0.25) is 4.79 Å². The lowest BCUT2D eigenvalue weighted by Crippen LogP contribution is -2.18. The SMILES string of the molecule is CS(=O)(=O)c1nc(NCc2cn3cc(C4CC4)ccc3n2)cc(NC(=O)[C@@H]2C[C@H]2c2cccc(Cl)c2)n1. The predicted octanol–water partition coefficient (Wildman–Crippen LogP) is 4.41. The summed E-state index contributed by atoms with van der Waals surface area (Å²) in [5.74, 6) is 0.676. The Morgan fingerprint density at radius 1 is 1.05 bits per heavy atom. The summed E-state index contributed by atoms with van der Waals surface area (Å²) in [6, 6.07) is 13.1. The molecule has 2 aliphatic carbocycles. The molecule has 0 unspecified atom stereocenters. The van der Waals surface area contributed by atoms with Crippen molar-refractivity contribution < 1.29 is 13.2 Å². The van der Waals surface area contributed by atoms with Gasteiger partial charge in [-0.25, -0.2) is 23.4 Å². The fourth-order valence-electron chi connectivity index (χ4n) is 4.54. The van der Waals surface area contributed by atoms with Crippen molar-refractivity contribution in [3.63, 3.8) is 0 Å². The van der Waals surface area contributed by atoms with Gasteiger partial charge in [-0.2, -0.15) is 0 Å². The van der Waals surface area contributed by atoms with E-state index in [-0.39, 0.29) is 34.5 Å². The number of halogens is 1. The minimum Gasteiger partial charge on any atom is -0.364 e. The van der Waals surface area contributed by atoms with Crippen LogP contribution in [0.2, 0.25) is 5.02 Å². The Morgan fingerprint density at radius 2 is 1.86 bits per heavy atom. The van der Waals surface area contributed by atoms with Crippen LogP contribution in [0.15, 0.2) is 60.0 Å². The average Bonchev–Trinajstić information content (AvgIpc) is 3.78. The van der Waals surface area contributed by atoms with Crippen molar-refractivity contribution in [3.8, 4) is 0 Å². The van der Waals surface area contributed by atoms with Crippen molar-refractivity contribution >= 4 is 44.6 Å². The van der Waals surface area contributed by atoms with Crippen LogP contribution in [0.3, 0.4) is 0 Å². The lowest BCUT2D eigenvalue weighted by Gasteiger charge is -2.10. The van der Waals surface area contributed by atoms with Gasteiger partial charge in [-0.1, -0.05) is 29.8 Å². The molecule has 3 heterocycles. The van der Waals surface area contributed by atoms with Gasteiger partial charge in [0.2, 0.25) is 15.7 Å². The van der Waals surface area contributed by atoms with Crippen LogP contribution < -0.4 is 10.6 Å². The number of aromatic nitrogens is 4. The molecule has 0 radical (unpaired) electrons. The number of hydrogen-bond donors (Lipinski definition) is 2. The van der Waals surface area contributed by atoms with E-state index in [4.69, 9.17) is 11.6 Å². The lowest BCUT2D eigenvalue weighted by atomic mass is 10.1. The van der Waals surface area contributed by atoms with E-state index in [2.05, 4.69) is 37.8 Å². The Kier molecular flexibility index (Phi) is 5.88. The van der Waals surface area contributed by atoms with Gasteiger partial charge < -0.3 is 15.0 Å². The minimum absolute atomic E-state index is 0.0722. The number of pyridine rings is 1. The molecule has 2 saturated carbocycles. The van der Waals surface area contributed by atoms with Gasteiger partial charge in [0.1, 0.15) is 17.3 Å². The van der Waals surface area contributed by atoms with Crippen LogP contribution in [-0.4, -0.2) is 39.9 Å². The predicted molar refractivity (Wildman–Crippen MR) is 141 cm³/mol. The minimum atomic E-state index is -3.71. The Balaban J connectivity index is 1.18. The van der Waals surface area contributed by atoms with Crippen molar-refractivity contribution in [3.05, 3.63) is 76.7 Å². The maximum absolute atomic E-state index is 12.9. The summed E-state index contributed by atoms with van der Waals surface area (Å²) in [5.41, 5.74) is 3.94. The van der Waals surface area contributed by atoms with Gasteiger partial charge in [0, 0.05) is 35.7 Å². The second kappa shape index (κ2) is 9.11. The molecule has 2 N–H and O–H groups in total. The van der Waals surface area contributed by atoms with E-state index in [1.807, 2.05) is 34.9 Å². The number of carbonyl (C=O) groups is 1. The first kappa shape index (κ1) is 23.9. The first-order valence-electron chi connectivity index (χ1n) is 12.1. The zero-order chi connectivity index (χ0) is 25.7. The second-order valence-corrected chi connectivity index (χ2v) is 12.1. The molecule has 11 heteroatoms. The maximum atomic E-state index is 12.9. The number of amides is 1. The topological polar surface area (TPSA) is 118 Å². The van der Waals surface area contributed by atoms with E-state index >= 15 is 0 Å². The summed E-state index contributed by atoms with van der Waals surface area (Å²) in [5, 5.41) is 6.16. The molecule has 37 heavy (non-hydrogen) atoms. The molecule has 2 fully saturated rings. The van der Waals surface area contributed by atoms with Gasteiger partial charge >= 0.3 is 0 Å². The molecule has 3 aromatic heterocycles. The smallest absolute Gasteiger partial charge is 0.250 e. The summed E-state index contributed by atoms with van der Waals surface area (Å²) in [7, 11) is -3.71. The summed E-state index contributed by atoms with van der Waals surface area (Å²) < 4.78 is 26.5. The molecule has 2 atom stereocenters. The first-order valence-corrected chi connectivity index (χ1v) is 14.4. The van der Waals surface area contributed by atoms with Gasteiger partial charge in [0.25, 0.3) is 5.16 Å². The molecule has 4 aromatic rings. The average molecular weight is 537 g/mol. The highest BCUT2D eigenvalue weighted by Gasteiger charge is 2.44. The van der Waals surface area contributed by atoms with E-state index in [1.54, 1.807) is 6.07 Å². The van der Waals surface area contributed by atoms with Crippen molar-refractivity contribution in [1.29, 1.82) is 0 Å². The summed E-state index contributed by atoms with van der Waals surface area (Å²) >= 11 is 6.08. The zero-order valence-corrected chi connectivity index (χ0v) is 21.6. The molecular formula is C26H25ClN6O3S. The first-order chi connectivity index (χ1) is 17.7. The molecule has 0 saturated heterocycles. The van der Waals surface area contributed by atoms with Gasteiger partial charge in [0.15, 0.2) is 0 Å². The molecule has 0 aliphatic heterocycles. The largest absolute Gasteiger partial charge is 0.364 e. The van der Waals surface area contributed by atoms with Crippen molar-refractivity contribution in [2.45, 2.75) is 42.8 Å². The van der Waals surface area contributed by atoms with Crippen LogP contribution in [0.4, 0.5) is 11.6 Å². The highest BCUT2D eigenvalue weighted by atomic mass is 35.5. The maximum Gasteiger partial charge on any atom is 0.250 e. The number of benzene rings is 1. The molecule has 0 bridgehead atoms. The normalized spacial score (nSPS) is 19.1. The number of rotatable bonds is 8. The second-order valence-electron chi connectivity index (χ2n) is 9.77. The Morgan fingerprint density at radius 3 is 2.62 bits per heavy atom. The number of nitrogens with one attached hydrogen (secondary N) is 2. The highest BCUT2D eigenvalue weighted by molar-refractivity contribution is 7.90. The fraction of sp³-hybridized carbons (Fsp3) is 0.308. The summed E-state index contributed by atoms with van der Waals surface area (Å²) in [4.78, 5) is 25.7. The molecule has 9 nitrogen and oxygen atoms in total. The van der Waals surface area contributed by atoms with Crippen molar-refractivity contribution in [2.75, 3.05) is 16.9 Å². The van der Waals surface area contributed by atoms with Crippen LogP contribution in [0.5, 0.6) is 0 Å². The van der Waals surface area contributed by atoms with Crippen LogP contribution in [0.25, 0.3) is 5.65 Å². The molecule has 2 aliphatic rings. The van der Waals surface area contributed by atoms with E-state index in [9.17, 15) is 13.2 Å². The standard InChI is InChI=1S/C26H25ClN6O3S/c1-37(35,36)26-31-22(28-12-19-14-33-13-17(15-5-6-15)7-8-24(33)29-19)11-23(32-26)30-25(34)21-10-20(21)16-3-2-4-18(27)9-16/h2-4,7-9,11,13-15,20-21H,5-6,10,12H2,1H3,(H2,28,30,31,32,34)/t20-,21+/m0/s1. The quantitative estimate of drug-likeness (QED) is 0.320. The van der Waals surface area contributed by atoms with E-state index in [0.29, 0.717) is 23.9 Å². The summed E-state index contributed by atoms with van der Waals surface area (Å²) in [6.45, 7) is 0.327. The number of fused-ring (bicyclic) bond motifs is 1. The zero-order valence-electron chi connectivity index (χ0n) is 20.1. The number of sulfone groups is 1. The molecule has 190 valence electrons. The van der Waals surface area contributed by atoms with Gasteiger partial charge in [-0.15, -0.1) is 0 Å². The summed E-state index contributed by atoms with van der Waals surface area (Å²) in [6.07, 6.45) is 8.24. The third kappa shape index (κ3) is 5.30. The van der Waals surface area contributed by atoms with Crippen molar-refractivity contribution in [1.82, 2.24) is 19.4 Å². The Hall–Kier alpha value is -3.50. The third-order valence-corrected chi connectivity index (χ3v) is 7.80. The van der Waals surface area contributed by atoms with Crippen LogP contribution in [0, 0.1) is 5.92 Å². The van der Waals surface area contributed by atoms with Crippen LogP contribution in [-0.2, 0) is 21.2 Å². The molecule has 6 rings (SSSR count).